The van der Waals surface area contributed by atoms with Crippen molar-refractivity contribution in [2.75, 3.05) is 0 Å². The fourth-order valence-electron chi connectivity index (χ4n) is 1.52. The molecule has 0 aliphatic carbocycles. The highest BCUT2D eigenvalue weighted by atomic mass is 35.5. The summed E-state index contributed by atoms with van der Waals surface area (Å²) in [6, 6.07) is 10.2. The van der Waals surface area contributed by atoms with Crippen molar-refractivity contribution >= 4 is 29.2 Å². The molecule has 0 fully saturated rings. The summed E-state index contributed by atoms with van der Waals surface area (Å²) in [6.07, 6.45) is 4.84. The minimum atomic E-state index is -0.978. The number of carboxylic acid groups (broad SMARTS) is 1. The van der Waals surface area contributed by atoms with Gasteiger partial charge in [0.1, 0.15) is 0 Å². The average Bonchev–Trinajstić information content (AvgIpc) is 2.38. The van der Waals surface area contributed by atoms with E-state index in [-0.39, 0.29) is 5.57 Å². The highest BCUT2D eigenvalue weighted by Crippen LogP contribution is 2.20. The van der Waals surface area contributed by atoms with E-state index < -0.39 is 5.97 Å². The normalized spacial score (nSPS) is 11.3. The first-order valence-electron chi connectivity index (χ1n) is 5.28. The molecule has 0 saturated carbocycles. The van der Waals surface area contributed by atoms with Gasteiger partial charge in [-0.3, -0.25) is 4.98 Å². The van der Waals surface area contributed by atoms with E-state index in [1.54, 1.807) is 54.9 Å². The van der Waals surface area contributed by atoms with Crippen molar-refractivity contribution in [1.82, 2.24) is 4.98 Å². The molecule has 0 aliphatic rings. The summed E-state index contributed by atoms with van der Waals surface area (Å²) < 4.78 is 0. The van der Waals surface area contributed by atoms with Crippen LogP contribution in [0.3, 0.4) is 0 Å². The lowest BCUT2D eigenvalue weighted by Gasteiger charge is -2.03. The first kappa shape index (κ1) is 12.3. The fraction of sp³-hybridized carbons (Fsp3) is 0. The first-order chi connectivity index (χ1) is 8.66. The maximum absolute atomic E-state index is 11.3. The highest BCUT2D eigenvalue weighted by Gasteiger charge is 2.10. The SMILES string of the molecule is O=C(O)/C(=C\c1ccncc1)c1ccc(Cl)cc1. The molecular weight excluding hydrogens is 250 g/mol. The summed E-state index contributed by atoms with van der Waals surface area (Å²) in [5.74, 6) is -0.978. The third-order valence-electron chi connectivity index (χ3n) is 2.40. The van der Waals surface area contributed by atoms with Crippen molar-refractivity contribution in [2.45, 2.75) is 0 Å². The summed E-state index contributed by atoms with van der Waals surface area (Å²) in [7, 11) is 0. The number of hydrogen-bond acceptors (Lipinski definition) is 2. The van der Waals surface area contributed by atoms with Gasteiger partial charge in [-0.1, -0.05) is 23.7 Å². The second-order valence-electron chi connectivity index (χ2n) is 3.65. The van der Waals surface area contributed by atoms with Gasteiger partial charge in [-0.2, -0.15) is 0 Å². The first-order valence-corrected chi connectivity index (χ1v) is 5.65. The van der Waals surface area contributed by atoms with E-state index in [0.717, 1.165) is 5.56 Å². The van der Waals surface area contributed by atoms with Crippen molar-refractivity contribution in [2.24, 2.45) is 0 Å². The zero-order valence-corrected chi connectivity index (χ0v) is 10.1. The Morgan fingerprint density at radius 1 is 1.11 bits per heavy atom. The van der Waals surface area contributed by atoms with E-state index in [1.807, 2.05) is 0 Å². The quantitative estimate of drug-likeness (QED) is 0.860. The van der Waals surface area contributed by atoms with Crippen LogP contribution >= 0.6 is 11.6 Å². The maximum Gasteiger partial charge on any atom is 0.336 e. The number of aromatic nitrogens is 1. The number of halogens is 1. The molecule has 0 bridgehead atoms. The number of pyridine rings is 1. The topological polar surface area (TPSA) is 50.2 Å². The summed E-state index contributed by atoms with van der Waals surface area (Å²) >= 11 is 5.78. The van der Waals surface area contributed by atoms with Gasteiger partial charge in [0.05, 0.1) is 5.57 Å². The van der Waals surface area contributed by atoms with Crippen molar-refractivity contribution in [3.05, 3.63) is 64.9 Å². The molecule has 1 aromatic heterocycles. The number of carbonyl (C=O) groups is 1. The molecule has 18 heavy (non-hydrogen) atoms. The molecule has 2 rings (SSSR count). The molecule has 0 unspecified atom stereocenters. The molecule has 4 heteroatoms. The summed E-state index contributed by atoms with van der Waals surface area (Å²) in [5, 5.41) is 9.82. The van der Waals surface area contributed by atoms with Crippen LogP contribution in [0.25, 0.3) is 11.6 Å². The van der Waals surface area contributed by atoms with Crippen LogP contribution in [0.4, 0.5) is 0 Å². The number of rotatable bonds is 3. The number of nitrogens with zero attached hydrogens (tertiary/aromatic N) is 1. The zero-order valence-electron chi connectivity index (χ0n) is 9.38. The minimum Gasteiger partial charge on any atom is -0.478 e. The van der Waals surface area contributed by atoms with Gasteiger partial charge in [0.15, 0.2) is 0 Å². The molecule has 90 valence electrons. The molecule has 1 N–H and O–H groups in total. The minimum absolute atomic E-state index is 0.220. The lowest BCUT2D eigenvalue weighted by Crippen LogP contribution is -1.99. The zero-order chi connectivity index (χ0) is 13.0. The summed E-state index contributed by atoms with van der Waals surface area (Å²) in [6.45, 7) is 0. The molecule has 0 aliphatic heterocycles. The van der Waals surface area contributed by atoms with Crippen LogP contribution in [0.5, 0.6) is 0 Å². The smallest absolute Gasteiger partial charge is 0.336 e. The van der Waals surface area contributed by atoms with Crippen LogP contribution < -0.4 is 0 Å². The van der Waals surface area contributed by atoms with E-state index in [2.05, 4.69) is 4.98 Å². The fourth-order valence-corrected chi connectivity index (χ4v) is 1.65. The monoisotopic (exact) mass is 259 g/mol. The van der Waals surface area contributed by atoms with Crippen molar-refractivity contribution in [3.8, 4) is 0 Å². The third-order valence-corrected chi connectivity index (χ3v) is 2.65. The molecule has 3 nitrogen and oxygen atoms in total. The van der Waals surface area contributed by atoms with Gasteiger partial charge in [0.25, 0.3) is 0 Å². The lowest BCUT2D eigenvalue weighted by molar-refractivity contribution is -0.130. The predicted molar refractivity (Wildman–Crippen MR) is 71.2 cm³/mol. The molecule has 0 spiro atoms. The molecule has 0 atom stereocenters. The molecule has 1 aromatic carbocycles. The number of benzene rings is 1. The molecule has 2 aromatic rings. The van der Waals surface area contributed by atoms with Crippen molar-refractivity contribution in [1.29, 1.82) is 0 Å². The standard InChI is InChI=1S/C14H10ClNO2/c15-12-3-1-11(2-4-12)13(14(17)18)9-10-5-7-16-8-6-10/h1-9H,(H,17,18)/b13-9-. The van der Waals surface area contributed by atoms with Crippen molar-refractivity contribution in [3.63, 3.8) is 0 Å². The number of carboxylic acids is 1. The van der Waals surface area contributed by atoms with Crippen LogP contribution in [0, 0.1) is 0 Å². The van der Waals surface area contributed by atoms with Gasteiger partial charge in [0, 0.05) is 17.4 Å². The van der Waals surface area contributed by atoms with E-state index in [0.29, 0.717) is 10.6 Å². The Morgan fingerprint density at radius 3 is 2.28 bits per heavy atom. The Bertz CT molecular complexity index is 577. The largest absolute Gasteiger partial charge is 0.478 e. The predicted octanol–water partition coefficient (Wildman–Crippen LogP) is 3.36. The Hall–Kier alpha value is -2.13. The lowest BCUT2D eigenvalue weighted by atomic mass is 10.0. The van der Waals surface area contributed by atoms with Gasteiger partial charge in [-0.15, -0.1) is 0 Å². The number of hydrogen-bond donors (Lipinski definition) is 1. The van der Waals surface area contributed by atoms with Crippen LogP contribution in [0.2, 0.25) is 5.02 Å². The summed E-state index contributed by atoms with van der Waals surface area (Å²) in [5.41, 5.74) is 1.62. The second kappa shape index (κ2) is 5.47. The Balaban J connectivity index is 2.44. The van der Waals surface area contributed by atoms with E-state index >= 15 is 0 Å². The summed E-state index contributed by atoms with van der Waals surface area (Å²) in [4.78, 5) is 15.2. The molecule has 0 amide bonds. The third kappa shape index (κ3) is 2.96. The van der Waals surface area contributed by atoms with E-state index in [4.69, 9.17) is 11.6 Å². The second-order valence-corrected chi connectivity index (χ2v) is 4.09. The van der Waals surface area contributed by atoms with E-state index in [9.17, 15) is 9.90 Å². The van der Waals surface area contributed by atoms with E-state index in [1.165, 1.54) is 0 Å². The molecule has 0 saturated heterocycles. The van der Waals surface area contributed by atoms with Gasteiger partial charge >= 0.3 is 5.97 Å². The Labute approximate surface area is 109 Å². The maximum atomic E-state index is 11.3. The Kier molecular flexibility index (Phi) is 3.75. The van der Waals surface area contributed by atoms with Crippen LogP contribution in [0.1, 0.15) is 11.1 Å². The number of aliphatic carboxylic acids is 1. The average molecular weight is 260 g/mol. The van der Waals surface area contributed by atoms with Crippen LogP contribution in [-0.4, -0.2) is 16.1 Å². The van der Waals surface area contributed by atoms with Crippen LogP contribution in [-0.2, 0) is 4.79 Å². The molecular formula is C14H10ClNO2. The van der Waals surface area contributed by atoms with Crippen LogP contribution in [0.15, 0.2) is 48.8 Å². The van der Waals surface area contributed by atoms with Gasteiger partial charge < -0.3 is 5.11 Å². The van der Waals surface area contributed by atoms with Crippen molar-refractivity contribution < 1.29 is 9.90 Å². The molecule has 0 radical (unpaired) electrons. The highest BCUT2D eigenvalue weighted by molar-refractivity contribution is 6.30. The van der Waals surface area contributed by atoms with Gasteiger partial charge in [0.2, 0.25) is 0 Å². The van der Waals surface area contributed by atoms with Gasteiger partial charge in [-0.05, 0) is 41.5 Å². The van der Waals surface area contributed by atoms with Gasteiger partial charge in [-0.25, -0.2) is 4.79 Å². The molecule has 1 heterocycles. The Morgan fingerprint density at radius 2 is 1.72 bits per heavy atom.